The van der Waals surface area contributed by atoms with Gasteiger partial charge in [-0.25, -0.2) is 9.78 Å². The average Bonchev–Trinajstić information content (AvgIpc) is 3.30. The standard InChI is InChI=1S/C20H18N4O6S/c1-2-30-20(27)17-13-4-3-5-15(13)31-18(17)22-16(25)9-23-10-21-14-8-11(24(28)29)6-7-12(14)19(23)26/h6-8,10H,2-5,9H2,1H3,(H,22,25). The normalized spacial score (nSPS) is 12.5. The van der Waals surface area contributed by atoms with E-state index >= 15 is 0 Å². The molecule has 0 atom stereocenters. The van der Waals surface area contributed by atoms with E-state index in [9.17, 15) is 24.5 Å². The molecule has 160 valence electrons. The highest BCUT2D eigenvalue weighted by Gasteiger charge is 2.28. The lowest BCUT2D eigenvalue weighted by molar-refractivity contribution is -0.384. The van der Waals surface area contributed by atoms with Crippen LogP contribution in [0.2, 0.25) is 0 Å². The van der Waals surface area contributed by atoms with Gasteiger partial charge in [0, 0.05) is 17.0 Å². The molecule has 0 unspecified atom stereocenters. The molecule has 0 saturated carbocycles. The number of thiophene rings is 1. The molecule has 1 aromatic carbocycles. The Kier molecular flexibility index (Phi) is 5.51. The lowest BCUT2D eigenvalue weighted by Crippen LogP contribution is -2.28. The monoisotopic (exact) mass is 442 g/mol. The number of ether oxygens (including phenoxy) is 1. The molecule has 2 heterocycles. The third kappa shape index (κ3) is 3.91. The summed E-state index contributed by atoms with van der Waals surface area (Å²) < 4.78 is 6.27. The third-order valence-electron chi connectivity index (χ3n) is 4.99. The van der Waals surface area contributed by atoms with E-state index in [0.717, 1.165) is 34.3 Å². The second-order valence-corrected chi connectivity index (χ2v) is 8.07. The van der Waals surface area contributed by atoms with Crippen LogP contribution < -0.4 is 10.9 Å². The summed E-state index contributed by atoms with van der Waals surface area (Å²) in [5.41, 5.74) is 0.825. The molecule has 11 heteroatoms. The van der Waals surface area contributed by atoms with Crippen LogP contribution >= 0.6 is 11.3 Å². The summed E-state index contributed by atoms with van der Waals surface area (Å²) in [7, 11) is 0. The molecule has 1 aliphatic rings. The van der Waals surface area contributed by atoms with E-state index in [1.54, 1.807) is 6.92 Å². The topological polar surface area (TPSA) is 133 Å². The van der Waals surface area contributed by atoms with Crippen molar-refractivity contribution in [3.05, 3.63) is 61.0 Å². The van der Waals surface area contributed by atoms with Gasteiger partial charge in [0.05, 0.1) is 34.3 Å². The number of fused-ring (bicyclic) bond motifs is 2. The van der Waals surface area contributed by atoms with Gasteiger partial charge in [-0.2, -0.15) is 0 Å². The molecular weight excluding hydrogens is 424 g/mol. The molecule has 31 heavy (non-hydrogen) atoms. The lowest BCUT2D eigenvalue weighted by Gasteiger charge is -2.09. The van der Waals surface area contributed by atoms with E-state index in [4.69, 9.17) is 4.74 Å². The van der Waals surface area contributed by atoms with Crippen LogP contribution in [0.1, 0.15) is 34.1 Å². The fourth-order valence-corrected chi connectivity index (χ4v) is 4.90. The van der Waals surface area contributed by atoms with Crippen LogP contribution in [0.15, 0.2) is 29.3 Å². The molecule has 4 rings (SSSR count). The number of carbonyl (C=O) groups is 2. The Morgan fingerprint density at radius 3 is 2.90 bits per heavy atom. The minimum absolute atomic E-state index is 0.170. The molecule has 1 amide bonds. The summed E-state index contributed by atoms with van der Waals surface area (Å²) in [6, 6.07) is 3.74. The average molecular weight is 442 g/mol. The lowest BCUT2D eigenvalue weighted by atomic mass is 10.1. The number of nitro groups is 1. The first-order valence-corrected chi connectivity index (χ1v) is 10.5. The van der Waals surface area contributed by atoms with E-state index in [1.165, 1.54) is 35.9 Å². The molecule has 0 bridgehead atoms. The van der Waals surface area contributed by atoms with E-state index < -0.39 is 22.4 Å². The number of benzene rings is 1. The number of aryl methyl sites for hydroxylation is 1. The molecule has 0 spiro atoms. The number of hydrogen-bond donors (Lipinski definition) is 1. The minimum atomic E-state index is -0.570. The number of rotatable bonds is 6. The van der Waals surface area contributed by atoms with Crippen molar-refractivity contribution in [2.24, 2.45) is 0 Å². The molecule has 0 aliphatic heterocycles. The van der Waals surface area contributed by atoms with Crippen molar-refractivity contribution < 1.29 is 19.2 Å². The Morgan fingerprint density at radius 1 is 1.35 bits per heavy atom. The summed E-state index contributed by atoms with van der Waals surface area (Å²) in [5.74, 6) is -0.959. The van der Waals surface area contributed by atoms with Crippen LogP contribution in [-0.4, -0.2) is 33.0 Å². The molecule has 1 N–H and O–H groups in total. The van der Waals surface area contributed by atoms with E-state index in [0.29, 0.717) is 10.6 Å². The number of aromatic nitrogens is 2. The molecule has 2 aromatic heterocycles. The van der Waals surface area contributed by atoms with Gasteiger partial charge in [0.25, 0.3) is 11.2 Å². The van der Waals surface area contributed by atoms with Gasteiger partial charge in [-0.05, 0) is 37.8 Å². The van der Waals surface area contributed by atoms with E-state index in [2.05, 4.69) is 10.3 Å². The number of nitrogens with one attached hydrogen (secondary N) is 1. The van der Waals surface area contributed by atoms with Gasteiger partial charge in [0.1, 0.15) is 11.5 Å². The van der Waals surface area contributed by atoms with Crippen molar-refractivity contribution in [3.63, 3.8) is 0 Å². The first-order chi connectivity index (χ1) is 14.9. The minimum Gasteiger partial charge on any atom is -0.462 e. The summed E-state index contributed by atoms with van der Waals surface area (Å²) >= 11 is 1.35. The molecule has 0 radical (unpaired) electrons. The third-order valence-corrected chi connectivity index (χ3v) is 6.19. The summed E-state index contributed by atoms with van der Waals surface area (Å²) in [5, 5.41) is 14.2. The van der Waals surface area contributed by atoms with Gasteiger partial charge >= 0.3 is 5.97 Å². The Morgan fingerprint density at radius 2 is 2.16 bits per heavy atom. The van der Waals surface area contributed by atoms with E-state index in [-0.39, 0.29) is 29.7 Å². The summed E-state index contributed by atoms with van der Waals surface area (Å²) in [4.78, 5) is 53.2. The number of esters is 1. The van der Waals surface area contributed by atoms with Gasteiger partial charge in [-0.15, -0.1) is 11.3 Å². The Bertz CT molecular complexity index is 1280. The highest BCUT2D eigenvalue weighted by atomic mass is 32.1. The second-order valence-electron chi connectivity index (χ2n) is 6.97. The fourth-order valence-electron chi connectivity index (χ4n) is 3.61. The van der Waals surface area contributed by atoms with Gasteiger partial charge in [-0.1, -0.05) is 0 Å². The molecule has 3 aromatic rings. The zero-order valence-corrected chi connectivity index (χ0v) is 17.4. The predicted molar refractivity (Wildman–Crippen MR) is 114 cm³/mol. The zero-order valence-electron chi connectivity index (χ0n) is 16.5. The fraction of sp³-hybridized carbons (Fsp3) is 0.300. The van der Waals surface area contributed by atoms with Crippen LogP contribution in [0.3, 0.4) is 0 Å². The molecule has 1 aliphatic carbocycles. The Hall–Kier alpha value is -3.60. The molecule has 10 nitrogen and oxygen atoms in total. The second kappa shape index (κ2) is 8.26. The largest absolute Gasteiger partial charge is 0.462 e. The van der Waals surface area contributed by atoms with Crippen molar-refractivity contribution in [2.75, 3.05) is 11.9 Å². The summed E-state index contributed by atoms with van der Waals surface area (Å²) in [6.07, 6.45) is 3.74. The van der Waals surface area contributed by atoms with E-state index in [1.807, 2.05) is 0 Å². The maximum absolute atomic E-state index is 12.7. The van der Waals surface area contributed by atoms with Crippen LogP contribution in [0.5, 0.6) is 0 Å². The first kappa shape index (κ1) is 20.7. The smallest absolute Gasteiger partial charge is 0.341 e. The Balaban J connectivity index is 1.58. The number of nitro benzene ring substituents is 1. The number of hydrogen-bond acceptors (Lipinski definition) is 8. The van der Waals surface area contributed by atoms with Gasteiger partial charge in [-0.3, -0.25) is 24.3 Å². The van der Waals surface area contributed by atoms with Crippen LogP contribution in [0, 0.1) is 10.1 Å². The van der Waals surface area contributed by atoms with Gasteiger partial charge < -0.3 is 10.1 Å². The molecular formula is C20H18N4O6S. The summed E-state index contributed by atoms with van der Waals surface area (Å²) in [6.45, 7) is 1.63. The SMILES string of the molecule is CCOC(=O)c1c(NC(=O)Cn2cnc3cc([N+](=O)[O-])ccc3c2=O)sc2c1CCC2. The number of anilines is 1. The predicted octanol–water partition coefficient (Wildman–Crippen LogP) is 2.67. The van der Waals surface area contributed by atoms with Crippen molar-refractivity contribution >= 4 is 44.8 Å². The zero-order chi connectivity index (χ0) is 22.1. The maximum Gasteiger partial charge on any atom is 0.341 e. The molecule has 0 fully saturated rings. The number of amides is 1. The van der Waals surface area contributed by atoms with Crippen LogP contribution in [0.25, 0.3) is 10.9 Å². The highest BCUT2D eigenvalue weighted by molar-refractivity contribution is 7.17. The maximum atomic E-state index is 12.7. The first-order valence-electron chi connectivity index (χ1n) is 9.64. The van der Waals surface area contributed by atoms with Crippen LogP contribution in [-0.2, 0) is 28.9 Å². The number of carbonyl (C=O) groups excluding carboxylic acids is 2. The number of nitrogens with zero attached hydrogens (tertiary/aromatic N) is 3. The van der Waals surface area contributed by atoms with Crippen molar-refractivity contribution in [3.8, 4) is 0 Å². The van der Waals surface area contributed by atoms with Crippen molar-refractivity contribution in [1.29, 1.82) is 0 Å². The van der Waals surface area contributed by atoms with Gasteiger partial charge in [0.15, 0.2) is 0 Å². The number of non-ortho nitro benzene ring substituents is 1. The van der Waals surface area contributed by atoms with Crippen molar-refractivity contribution in [2.45, 2.75) is 32.7 Å². The highest BCUT2D eigenvalue weighted by Crippen LogP contribution is 2.39. The quantitative estimate of drug-likeness (QED) is 0.352. The Labute approximate surface area is 179 Å². The molecule has 0 saturated heterocycles. The van der Waals surface area contributed by atoms with Crippen molar-refractivity contribution in [1.82, 2.24) is 9.55 Å². The van der Waals surface area contributed by atoms with Crippen LogP contribution in [0.4, 0.5) is 10.7 Å². The van der Waals surface area contributed by atoms with Gasteiger partial charge in [0.2, 0.25) is 5.91 Å².